The first kappa shape index (κ1) is 21.9. The number of aromatic nitrogens is 2. The molecule has 1 aromatic heterocycles. The monoisotopic (exact) mass is 434 g/mol. The van der Waals surface area contributed by atoms with E-state index in [0.717, 1.165) is 66.6 Å². The fourth-order valence-electron chi connectivity index (χ4n) is 4.26. The van der Waals surface area contributed by atoms with Gasteiger partial charge >= 0.3 is 0 Å². The van der Waals surface area contributed by atoms with Crippen LogP contribution in [0.4, 0.5) is 17.2 Å². The molecule has 2 amide bonds. The zero-order valence-electron chi connectivity index (χ0n) is 19.0. The van der Waals surface area contributed by atoms with Crippen molar-refractivity contribution >= 4 is 35.2 Å². The van der Waals surface area contributed by atoms with Crippen LogP contribution in [0.15, 0.2) is 29.3 Å². The van der Waals surface area contributed by atoms with E-state index in [4.69, 9.17) is 9.97 Å². The molecule has 0 radical (unpaired) electrons. The molecule has 2 aromatic rings. The molecule has 1 aromatic carbocycles. The van der Waals surface area contributed by atoms with Crippen molar-refractivity contribution in [2.45, 2.75) is 52.0 Å². The Bertz CT molecular complexity index is 1030. The third kappa shape index (κ3) is 4.79. The van der Waals surface area contributed by atoms with Gasteiger partial charge in [0.15, 0.2) is 5.82 Å². The predicted molar refractivity (Wildman–Crippen MR) is 126 cm³/mol. The number of rotatable bonds is 6. The van der Waals surface area contributed by atoms with E-state index >= 15 is 0 Å². The highest BCUT2D eigenvalue weighted by molar-refractivity contribution is 5.92. The molecular formula is C24H30N6O2. The average Bonchev–Trinajstić information content (AvgIpc) is 3.27. The first-order valence-electron chi connectivity index (χ1n) is 11.2. The predicted octanol–water partition coefficient (Wildman–Crippen LogP) is 2.80. The molecule has 3 heterocycles. The number of aliphatic imine (C=N–C) groups is 1. The lowest BCUT2D eigenvalue weighted by Crippen LogP contribution is -2.44. The summed E-state index contributed by atoms with van der Waals surface area (Å²) in [5, 5.41) is 3.02. The molecule has 1 fully saturated rings. The van der Waals surface area contributed by atoms with Crippen LogP contribution in [-0.4, -0.2) is 54.2 Å². The zero-order valence-corrected chi connectivity index (χ0v) is 19.0. The third-order valence-corrected chi connectivity index (χ3v) is 6.05. The number of piperidine rings is 1. The molecule has 2 aliphatic rings. The molecule has 0 spiro atoms. The second-order valence-corrected chi connectivity index (χ2v) is 8.39. The molecule has 0 unspecified atom stereocenters. The smallest absolute Gasteiger partial charge is 0.226 e. The first-order chi connectivity index (χ1) is 15.4. The highest BCUT2D eigenvalue weighted by Gasteiger charge is 2.26. The van der Waals surface area contributed by atoms with E-state index in [1.807, 2.05) is 37.4 Å². The van der Waals surface area contributed by atoms with Crippen molar-refractivity contribution in [1.29, 1.82) is 0 Å². The maximum atomic E-state index is 11.9. The fourth-order valence-corrected chi connectivity index (χ4v) is 4.26. The van der Waals surface area contributed by atoms with Gasteiger partial charge in [-0.2, -0.15) is 0 Å². The topological polar surface area (TPSA) is 90.8 Å². The SMILES string of the molecule is CCC(=O)N(C)c1ccc(Cc2nc3c(c(N4CCC(NC(C)=O)CC4)n2)N=CC3)cc1. The number of hydrogen-bond acceptors (Lipinski definition) is 6. The van der Waals surface area contributed by atoms with Gasteiger partial charge in [-0.05, 0) is 30.5 Å². The first-order valence-corrected chi connectivity index (χ1v) is 11.2. The molecule has 1 N–H and O–H groups in total. The lowest BCUT2D eigenvalue weighted by molar-refractivity contribution is -0.120. The Morgan fingerprint density at radius 1 is 1.16 bits per heavy atom. The summed E-state index contributed by atoms with van der Waals surface area (Å²) in [4.78, 5) is 41.4. The molecule has 0 aliphatic carbocycles. The van der Waals surface area contributed by atoms with Crippen molar-refractivity contribution in [2.24, 2.45) is 4.99 Å². The molecule has 8 nitrogen and oxygen atoms in total. The van der Waals surface area contributed by atoms with E-state index < -0.39 is 0 Å². The molecule has 8 heteroatoms. The number of nitrogens with zero attached hydrogens (tertiary/aromatic N) is 5. The average molecular weight is 435 g/mol. The van der Waals surface area contributed by atoms with Crippen LogP contribution in [0.2, 0.25) is 0 Å². The van der Waals surface area contributed by atoms with Crippen molar-refractivity contribution in [1.82, 2.24) is 15.3 Å². The van der Waals surface area contributed by atoms with Gasteiger partial charge in [-0.25, -0.2) is 9.97 Å². The Morgan fingerprint density at radius 3 is 2.53 bits per heavy atom. The Labute approximate surface area is 188 Å². The number of anilines is 2. The lowest BCUT2D eigenvalue weighted by Gasteiger charge is -2.33. The molecule has 168 valence electrons. The summed E-state index contributed by atoms with van der Waals surface area (Å²) in [6.45, 7) is 5.09. The summed E-state index contributed by atoms with van der Waals surface area (Å²) in [6.07, 6.45) is 5.50. The van der Waals surface area contributed by atoms with Crippen LogP contribution in [0.25, 0.3) is 0 Å². The van der Waals surface area contributed by atoms with Crippen LogP contribution in [0.5, 0.6) is 0 Å². The van der Waals surface area contributed by atoms with Crippen LogP contribution >= 0.6 is 0 Å². The highest BCUT2D eigenvalue weighted by atomic mass is 16.2. The number of nitrogens with one attached hydrogen (secondary N) is 1. The zero-order chi connectivity index (χ0) is 22.7. The lowest BCUT2D eigenvalue weighted by atomic mass is 10.0. The largest absolute Gasteiger partial charge is 0.355 e. The van der Waals surface area contributed by atoms with Crippen LogP contribution in [-0.2, 0) is 22.4 Å². The molecule has 2 aliphatic heterocycles. The van der Waals surface area contributed by atoms with E-state index in [0.29, 0.717) is 12.8 Å². The molecule has 0 bridgehead atoms. The minimum atomic E-state index is 0.0227. The van der Waals surface area contributed by atoms with E-state index in [-0.39, 0.29) is 17.9 Å². The van der Waals surface area contributed by atoms with Gasteiger partial charge < -0.3 is 15.1 Å². The minimum Gasteiger partial charge on any atom is -0.355 e. The second kappa shape index (κ2) is 9.46. The van der Waals surface area contributed by atoms with Crippen molar-refractivity contribution in [3.63, 3.8) is 0 Å². The van der Waals surface area contributed by atoms with E-state index in [9.17, 15) is 9.59 Å². The van der Waals surface area contributed by atoms with Crippen molar-refractivity contribution < 1.29 is 9.59 Å². The molecular weight excluding hydrogens is 404 g/mol. The summed E-state index contributed by atoms with van der Waals surface area (Å²) in [5.41, 5.74) is 3.83. The van der Waals surface area contributed by atoms with E-state index in [1.165, 1.54) is 0 Å². The normalized spacial score (nSPS) is 15.5. The van der Waals surface area contributed by atoms with Gasteiger partial charge in [-0.3, -0.25) is 14.6 Å². The van der Waals surface area contributed by atoms with Crippen molar-refractivity contribution in [3.05, 3.63) is 41.3 Å². The molecule has 4 rings (SSSR count). The van der Waals surface area contributed by atoms with Crippen molar-refractivity contribution in [3.8, 4) is 0 Å². The van der Waals surface area contributed by atoms with Gasteiger partial charge in [0.25, 0.3) is 0 Å². The summed E-state index contributed by atoms with van der Waals surface area (Å²) in [6, 6.07) is 8.21. The van der Waals surface area contributed by atoms with Crippen molar-refractivity contribution in [2.75, 3.05) is 29.9 Å². The van der Waals surface area contributed by atoms with Gasteiger partial charge in [0.2, 0.25) is 11.8 Å². The van der Waals surface area contributed by atoms with Crippen LogP contribution < -0.4 is 15.1 Å². The Balaban J connectivity index is 1.50. The summed E-state index contributed by atoms with van der Waals surface area (Å²) < 4.78 is 0. The maximum Gasteiger partial charge on any atom is 0.226 e. The number of amides is 2. The third-order valence-electron chi connectivity index (χ3n) is 6.05. The number of carbonyl (C=O) groups is 2. The maximum absolute atomic E-state index is 11.9. The molecule has 0 atom stereocenters. The van der Waals surface area contributed by atoms with Crippen LogP contribution in [0.1, 0.15) is 50.2 Å². The highest BCUT2D eigenvalue weighted by Crippen LogP contribution is 2.34. The number of fused-ring (bicyclic) bond motifs is 1. The van der Waals surface area contributed by atoms with Gasteiger partial charge in [-0.1, -0.05) is 19.1 Å². The van der Waals surface area contributed by atoms with E-state index in [1.54, 1.807) is 18.9 Å². The van der Waals surface area contributed by atoms with Crippen LogP contribution in [0.3, 0.4) is 0 Å². The van der Waals surface area contributed by atoms with Gasteiger partial charge in [-0.15, -0.1) is 0 Å². The quantitative estimate of drug-likeness (QED) is 0.755. The Morgan fingerprint density at radius 2 is 1.88 bits per heavy atom. The van der Waals surface area contributed by atoms with E-state index in [2.05, 4.69) is 15.2 Å². The summed E-state index contributed by atoms with van der Waals surface area (Å²) in [7, 11) is 1.80. The van der Waals surface area contributed by atoms with Gasteiger partial charge in [0, 0.05) is 64.3 Å². The van der Waals surface area contributed by atoms with Crippen LogP contribution in [0, 0.1) is 0 Å². The van der Waals surface area contributed by atoms with Gasteiger partial charge in [0.1, 0.15) is 11.5 Å². The number of benzene rings is 1. The standard InChI is InChI=1S/C24H30N6O2/c1-4-22(32)29(3)19-7-5-17(6-8-19)15-21-27-20-9-12-25-23(20)24(28-21)30-13-10-18(11-14-30)26-16(2)31/h5-8,12,18H,4,9-11,13-15H2,1-3H3,(H,26,31). The Kier molecular flexibility index (Phi) is 6.48. The molecule has 32 heavy (non-hydrogen) atoms. The second-order valence-electron chi connectivity index (χ2n) is 8.39. The van der Waals surface area contributed by atoms with Gasteiger partial charge in [0.05, 0.1) is 5.69 Å². The minimum absolute atomic E-state index is 0.0227. The fraction of sp³-hybridized carbons (Fsp3) is 0.458. The summed E-state index contributed by atoms with van der Waals surface area (Å²) in [5.74, 6) is 1.78. The number of carbonyl (C=O) groups excluding carboxylic acids is 2. The Hall–Kier alpha value is -3.29. The number of hydrogen-bond donors (Lipinski definition) is 1. The molecule has 1 saturated heterocycles. The molecule has 0 saturated carbocycles. The summed E-state index contributed by atoms with van der Waals surface area (Å²) >= 11 is 0.